The molecule has 2 rings (SSSR count). The summed E-state index contributed by atoms with van der Waals surface area (Å²) in [5.41, 5.74) is 7.91. The molecular formula is C17H20BrClN2. The van der Waals surface area contributed by atoms with Crippen molar-refractivity contribution in [3.05, 3.63) is 68.1 Å². The number of halogens is 2. The lowest BCUT2D eigenvalue weighted by atomic mass is 9.95. The lowest BCUT2D eigenvalue weighted by molar-refractivity contribution is 0.521. The predicted octanol–water partition coefficient (Wildman–Crippen LogP) is 4.34. The Morgan fingerprint density at radius 2 is 1.81 bits per heavy atom. The highest BCUT2D eigenvalue weighted by Crippen LogP contribution is 2.23. The molecule has 2 aromatic rings. The highest BCUT2D eigenvalue weighted by molar-refractivity contribution is 9.10. The Labute approximate surface area is 139 Å². The molecule has 2 nitrogen and oxygen atoms in total. The first-order valence-electron chi connectivity index (χ1n) is 6.95. The molecule has 0 aromatic heterocycles. The van der Waals surface area contributed by atoms with Gasteiger partial charge in [-0.15, -0.1) is 0 Å². The van der Waals surface area contributed by atoms with Crippen molar-refractivity contribution < 1.29 is 0 Å². The molecule has 1 atom stereocenters. The van der Waals surface area contributed by atoms with E-state index in [9.17, 15) is 0 Å². The molecule has 0 amide bonds. The highest BCUT2D eigenvalue weighted by Gasteiger charge is 2.13. The van der Waals surface area contributed by atoms with E-state index in [1.165, 1.54) is 16.7 Å². The molecule has 112 valence electrons. The Balaban J connectivity index is 2.14. The zero-order valence-electron chi connectivity index (χ0n) is 12.3. The summed E-state index contributed by atoms with van der Waals surface area (Å²) in [4.78, 5) is 0. The van der Waals surface area contributed by atoms with Crippen LogP contribution in [0.5, 0.6) is 0 Å². The maximum absolute atomic E-state index is 6.29. The van der Waals surface area contributed by atoms with Gasteiger partial charge in [-0.1, -0.05) is 57.4 Å². The van der Waals surface area contributed by atoms with Gasteiger partial charge in [-0.05, 0) is 55.5 Å². The summed E-state index contributed by atoms with van der Waals surface area (Å²) in [6.45, 7) is 4.24. The van der Waals surface area contributed by atoms with Crippen molar-refractivity contribution >= 4 is 27.5 Å². The summed E-state index contributed by atoms with van der Waals surface area (Å²) in [7, 11) is 0. The van der Waals surface area contributed by atoms with Crippen LogP contribution in [0.15, 0.2) is 40.9 Å². The lowest BCUT2D eigenvalue weighted by Crippen LogP contribution is -2.38. The Bertz CT molecular complexity index is 628. The Morgan fingerprint density at radius 3 is 2.48 bits per heavy atom. The molecule has 0 radical (unpaired) electrons. The van der Waals surface area contributed by atoms with Gasteiger partial charge in [0.05, 0.1) is 0 Å². The predicted molar refractivity (Wildman–Crippen MR) is 93.6 cm³/mol. The summed E-state index contributed by atoms with van der Waals surface area (Å²) in [5.74, 6) is 5.73. The minimum Gasteiger partial charge on any atom is -0.271 e. The molecule has 0 fully saturated rings. The molecule has 4 heteroatoms. The maximum atomic E-state index is 6.29. The van der Waals surface area contributed by atoms with E-state index < -0.39 is 0 Å². The summed E-state index contributed by atoms with van der Waals surface area (Å²) in [5, 5.41) is 0.769. The van der Waals surface area contributed by atoms with Gasteiger partial charge < -0.3 is 0 Å². The van der Waals surface area contributed by atoms with E-state index >= 15 is 0 Å². The average Bonchev–Trinajstić information content (AvgIpc) is 2.44. The second-order valence-electron chi connectivity index (χ2n) is 5.44. The molecule has 0 aliphatic carbocycles. The standard InChI is InChI=1S/C17H20BrClN2/c1-11-3-4-12(2)14(7-11)9-16(21-20)8-13-5-6-15(18)10-17(13)19/h3-7,10,16,21H,8-9,20H2,1-2H3. The van der Waals surface area contributed by atoms with E-state index in [0.29, 0.717) is 0 Å². The summed E-state index contributed by atoms with van der Waals surface area (Å²) < 4.78 is 0.989. The fourth-order valence-corrected chi connectivity index (χ4v) is 3.18. The zero-order chi connectivity index (χ0) is 15.4. The van der Waals surface area contributed by atoms with Crippen LogP contribution in [0.3, 0.4) is 0 Å². The molecule has 0 aliphatic rings. The topological polar surface area (TPSA) is 38.0 Å². The minimum atomic E-state index is 0.157. The van der Waals surface area contributed by atoms with E-state index in [-0.39, 0.29) is 6.04 Å². The number of benzene rings is 2. The summed E-state index contributed by atoms with van der Waals surface area (Å²) in [6.07, 6.45) is 1.69. The second kappa shape index (κ2) is 7.41. The number of hydrazine groups is 1. The monoisotopic (exact) mass is 366 g/mol. The van der Waals surface area contributed by atoms with Gasteiger partial charge in [0.1, 0.15) is 0 Å². The Hall–Kier alpha value is -0.870. The Morgan fingerprint density at radius 1 is 1.10 bits per heavy atom. The number of rotatable bonds is 5. The molecule has 0 heterocycles. The van der Waals surface area contributed by atoms with Crippen molar-refractivity contribution in [3.8, 4) is 0 Å². The van der Waals surface area contributed by atoms with Crippen LogP contribution < -0.4 is 11.3 Å². The van der Waals surface area contributed by atoms with E-state index in [0.717, 1.165) is 27.9 Å². The van der Waals surface area contributed by atoms with Crippen molar-refractivity contribution in [3.63, 3.8) is 0 Å². The van der Waals surface area contributed by atoms with E-state index in [2.05, 4.69) is 53.4 Å². The van der Waals surface area contributed by atoms with Gasteiger partial charge in [-0.25, -0.2) is 0 Å². The number of nitrogens with two attached hydrogens (primary N) is 1. The van der Waals surface area contributed by atoms with Gasteiger partial charge in [-0.2, -0.15) is 0 Å². The van der Waals surface area contributed by atoms with Crippen LogP contribution in [0, 0.1) is 13.8 Å². The molecule has 21 heavy (non-hydrogen) atoms. The van der Waals surface area contributed by atoms with Gasteiger partial charge >= 0.3 is 0 Å². The zero-order valence-corrected chi connectivity index (χ0v) is 14.6. The van der Waals surface area contributed by atoms with Crippen LogP contribution in [-0.4, -0.2) is 6.04 Å². The molecule has 0 spiro atoms. The van der Waals surface area contributed by atoms with Crippen molar-refractivity contribution in [1.29, 1.82) is 0 Å². The van der Waals surface area contributed by atoms with Crippen molar-refractivity contribution in [2.24, 2.45) is 5.84 Å². The van der Waals surface area contributed by atoms with Crippen LogP contribution in [0.4, 0.5) is 0 Å². The average molecular weight is 368 g/mol. The van der Waals surface area contributed by atoms with E-state index in [1.54, 1.807) is 0 Å². The van der Waals surface area contributed by atoms with Crippen LogP contribution in [0.2, 0.25) is 5.02 Å². The largest absolute Gasteiger partial charge is 0.271 e. The van der Waals surface area contributed by atoms with E-state index in [1.807, 2.05) is 18.2 Å². The number of hydrogen-bond donors (Lipinski definition) is 2. The third-order valence-corrected chi connectivity index (χ3v) is 4.53. The van der Waals surface area contributed by atoms with Crippen molar-refractivity contribution in [2.45, 2.75) is 32.7 Å². The first-order valence-corrected chi connectivity index (χ1v) is 8.13. The number of aryl methyl sites for hydroxylation is 2. The minimum absolute atomic E-state index is 0.157. The maximum Gasteiger partial charge on any atom is 0.0449 e. The van der Waals surface area contributed by atoms with Crippen molar-refractivity contribution in [1.82, 2.24) is 5.43 Å². The normalized spacial score (nSPS) is 12.4. The lowest BCUT2D eigenvalue weighted by Gasteiger charge is -2.18. The van der Waals surface area contributed by atoms with Gasteiger partial charge in [0, 0.05) is 15.5 Å². The SMILES string of the molecule is Cc1ccc(C)c(CC(Cc2ccc(Br)cc2Cl)NN)c1. The molecule has 0 saturated heterocycles. The molecular weight excluding hydrogens is 348 g/mol. The fourth-order valence-electron chi connectivity index (χ4n) is 2.43. The van der Waals surface area contributed by atoms with Crippen LogP contribution in [0.1, 0.15) is 22.3 Å². The summed E-state index contributed by atoms with van der Waals surface area (Å²) >= 11 is 9.72. The fraction of sp³-hybridized carbons (Fsp3) is 0.294. The van der Waals surface area contributed by atoms with Crippen LogP contribution in [-0.2, 0) is 12.8 Å². The van der Waals surface area contributed by atoms with Gasteiger partial charge in [0.15, 0.2) is 0 Å². The number of nitrogens with one attached hydrogen (secondary N) is 1. The van der Waals surface area contributed by atoms with Gasteiger partial charge in [-0.3, -0.25) is 11.3 Å². The molecule has 0 saturated carbocycles. The first kappa shape index (κ1) is 16.5. The Kier molecular flexibility index (Phi) is 5.82. The van der Waals surface area contributed by atoms with Crippen LogP contribution in [0.25, 0.3) is 0 Å². The van der Waals surface area contributed by atoms with Gasteiger partial charge in [0.25, 0.3) is 0 Å². The quantitative estimate of drug-likeness (QED) is 0.609. The van der Waals surface area contributed by atoms with Gasteiger partial charge in [0.2, 0.25) is 0 Å². The van der Waals surface area contributed by atoms with E-state index in [4.69, 9.17) is 17.4 Å². The second-order valence-corrected chi connectivity index (χ2v) is 6.76. The summed E-state index contributed by atoms with van der Waals surface area (Å²) in [6, 6.07) is 12.6. The van der Waals surface area contributed by atoms with Crippen LogP contribution >= 0.6 is 27.5 Å². The third kappa shape index (κ3) is 4.55. The smallest absolute Gasteiger partial charge is 0.0449 e. The molecule has 2 aromatic carbocycles. The number of hydrogen-bond acceptors (Lipinski definition) is 2. The molecule has 0 aliphatic heterocycles. The van der Waals surface area contributed by atoms with Crippen molar-refractivity contribution in [2.75, 3.05) is 0 Å². The third-order valence-electron chi connectivity index (χ3n) is 3.69. The molecule has 3 N–H and O–H groups in total. The molecule has 1 unspecified atom stereocenters. The first-order chi connectivity index (χ1) is 9.99. The highest BCUT2D eigenvalue weighted by atomic mass is 79.9. The molecule has 0 bridgehead atoms.